The van der Waals surface area contributed by atoms with Crippen LogP contribution >= 0.6 is 0 Å². The zero-order chi connectivity index (χ0) is 24.2. The number of fused-ring (bicyclic) bond motifs is 1. The first-order valence-electron chi connectivity index (χ1n) is 10.8. The van der Waals surface area contributed by atoms with Gasteiger partial charge in [0.2, 0.25) is 17.5 Å². The molecule has 0 amide bonds. The Morgan fingerprint density at radius 3 is 2.41 bits per heavy atom. The first-order chi connectivity index (χ1) is 16.6. The van der Waals surface area contributed by atoms with Gasteiger partial charge in [-0.05, 0) is 36.8 Å². The third kappa shape index (κ3) is 3.83. The predicted octanol–water partition coefficient (Wildman–Crippen LogP) is 4.11. The highest BCUT2D eigenvalue weighted by Gasteiger charge is 2.38. The number of nitrogens with one attached hydrogen (secondary N) is 1. The average Bonchev–Trinajstić information content (AvgIpc) is 3.29. The van der Waals surface area contributed by atoms with E-state index in [1.165, 1.54) is 14.2 Å². The summed E-state index contributed by atoms with van der Waals surface area (Å²) in [4.78, 5) is 0. The van der Waals surface area contributed by atoms with Gasteiger partial charge in [-0.1, -0.05) is 13.0 Å². The second kappa shape index (κ2) is 9.67. The molecule has 2 aromatic carbocycles. The second-order valence-corrected chi connectivity index (χ2v) is 7.54. The number of rotatable bonds is 8. The van der Waals surface area contributed by atoms with Gasteiger partial charge in [0.05, 0.1) is 45.1 Å². The molecule has 0 bridgehead atoms. The maximum atomic E-state index is 10.0. The van der Waals surface area contributed by atoms with Crippen LogP contribution in [0.5, 0.6) is 28.9 Å². The van der Waals surface area contributed by atoms with Crippen molar-refractivity contribution in [2.24, 2.45) is 5.73 Å². The Hall–Kier alpha value is -4.32. The highest BCUT2D eigenvalue weighted by Crippen LogP contribution is 2.51. The zero-order valence-electron chi connectivity index (χ0n) is 19.5. The molecule has 34 heavy (non-hydrogen) atoms. The molecule has 9 heteroatoms. The molecular weight excluding hydrogens is 436 g/mol. The number of allylic oxidation sites excluding steroid dienone is 1. The lowest BCUT2D eigenvalue weighted by molar-refractivity contribution is 0.317. The molecular formula is C25H26N4O5. The Labute approximate surface area is 197 Å². The molecule has 1 atom stereocenters. The number of H-pyrrole nitrogens is 1. The molecule has 1 aliphatic rings. The molecule has 4 rings (SSSR count). The third-order valence-electron chi connectivity index (χ3n) is 5.60. The highest BCUT2D eigenvalue weighted by atomic mass is 16.5. The molecule has 2 heterocycles. The fraction of sp³-hybridized carbons (Fsp3) is 0.280. The number of nitrogens with two attached hydrogens (primary N) is 1. The predicted molar refractivity (Wildman–Crippen MR) is 125 cm³/mol. The van der Waals surface area contributed by atoms with Crippen LogP contribution in [0.4, 0.5) is 0 Å². The van der Waals surface area contributed by atoms with Crippen molar-refractivity contribution in [3.63, 3.8) is 0 Å². The number of hydrogen-bond acceptors (Lipinski definition) is 8. The van der Waals surface area contributed by atoms with Gasteiger partial charge in [0.15, 0.2) is 11.5 Å². The average molecular weight is 463 g/mol. The van der Waals surface area contributed by atoms with Gasteiger partial charge in [-0.25, -0.2) is 0 Å². The molecule has 3 N–H and O–H groups in total. The summed E-state index contributed by atoms with van der Waals surface area (Å²) in [6.45, 7) is 2.70. The van der Waals surface area contributed by atoms with Crippen LogP contribution in [-0.4, -0.2) is 38.1 Å². The van der Waals surface area contributed by atoms with Crippen molar-refractivity contribution < 1.29 is 23.7 Å². The van der Waals surface area contributed by atoms with E-state index in [2.05, 4.69) is 23.2 Å². The number of methoxy groups -OCH3 is 3. The van der Waals surface area contributed by atoms with Gasteiger partial charge in [-0.3, -0.25) is 5.10 Å². The van der Waals surface area contributed by atoms with E-state index in [1.54, 1.807) is 13.2 Å². The van der Waals surface area contributed by atoms with Gasteiger partial charge in [0, 0.05) is 11.1 Å². The fourth-order valence-corrected chi connectivity index (χ4v) is 4.07. The monoisotopic (exact) mass is 462 g/mol. The molecule has 0 fully saturated rings. The Kier molecular flexibility index (Phi) is 6.50. The minimum absolute atomic E-state index is 0.0156. The number of nitriles is 1. The number of nitrogens with zero attached hydrogens (tertiary/aromatic N) is 2. The largest absolute Gasteiger partial charge is 0.494 e. The molecule has 1 aromatic heterocycles. The normalized spacial score (nSPS) is 14.6. The number of benzene rings is 2. The Bertz CT molecular complexity index is 1260. The quantitative estimate of drug-likeness (QED) is 0.512. The summed E-state index contributed by atoms with van der Waals surface area (Å²) < 4.78 is 28.1. The molecule has 3 aromatic rings. The Morgan fingerprint density at radius 1 is 1.06 bits per heavy atom. The lowest BCUT2D eigenvalue weighted by Gasteiger charge is -2.26. The highest BCUT2D eigenvalue weighted by molar-refractivity contribution is 5.73. The molecule has 0 spiro atoms. The van der Waals surface area contributed by atoms with Gasteiger partial charge in [0.25, 0.3) is 0 Å². The van der Waals surface area contributed by atoms with Crippen LogP contribution in [0.25, 0.3) is 11.3 Å². The molecule has 176 valence electrons. The van der Waals surface area contributed by atoms with Gasteiger partial charge >= 0.3 is 0 Å². The number of aromatic amines is 1. The van der Waals surface area contributed by atoms with Crippen LogP contribution in [0.2, 0.25) is 0 Å². The fourth-order valence-electron chi connectivity index (χ4n) is 4.07. The van der Waals surface area contributed by atoms with Crippen molar-refractivity contribution in [2.75, 3.05) is 27.9 Å². The third-order valence-corrected chi connectivity index (χ3v) is 5.60. The van der Waals surface area contributed by atoms with Crippen molar-refractivity contribution in [1.82, 2.24) is 10.2 Å². The summed E-state index contributed by atoms with van der Waals surface area (Å²) in [6, 6.07) is 13.4. The number of aromatic nitrogens is 2. The van der Waals surface area contributed by atoms with E-state index >= 15 is 0 Å². The summed E-state index contributed by atoms with van der Waals surface area (Å²) in [5.41, 5.74) is 9.24. The van der Waals surface area contributed by atoms with Crippen molar-refractivity contribution >= 4 is 0 Å². The SMILES string of the molecule is CCCOc1ccc(-c2[nH]nc3c2[C@H](c2ccc(OC)c(OC)c2OC)C(C#N)=C(N)O3)cc1. The smallest absolute Gasteiger partial charge is 0.244 e. The van der Waals surface area contributed by atoms with Gasteiger partial charge < -0.3 is 29.4 Å². The molecule has 0 unspecified atom stereocenters. The van der Waals surface area contributed by atoms with Gasteiger partial charge in [-0.2, -0.15) is 5.26 Å². The van der Waals surface area contributed by atoms with E-state index in [0.717, 1.165) is 17.7 Å². The van der Waals surface area contributed by atoms with Crippen LogP contribution in [0.15, 0.2) is 47.9 Å². The standard InChI is InChI=1S/C25H26N4O5/c1-5-12-33-15-8-6-14(7-9-15)21-20-19(17(13-26)24(27)34-25(20)29-28-21)16-10-11-18(30-2)23(32-4)22(16)31-3/h6-11,19H,5,12,27H2,1-4H3,(H,28,29)/t19-/m1/s1. The molecule has 9 nitrogen and oxygen atoms in total. The van der Waals surface area contributed by atoms with Gasteiger partial charge in [0.1, 0.15) is 17.4 Å². The van der Waals surface area contributed by atoms with E-state index < -0.39 is 5.92 Å². The number of ether oxygens (including phenoxy) is 5. The van der Waals surface area contributed by atoms with E-state index in [1.807, 2.05) is 30.3 Å². The maximum absolute atomic E-state index is 10.0. The lowest BCUT2D eigenvalue weighted by Crippen LogP contribution is -2.21. The summed E-state index contributed by atoms with van der Waals surface area (Å²) in [7, 11) is 4.61. The molecule has 0 saturated carbocycles. The number of hydrogen-bond donors (Lipinski definition) is 2. The molecule has 0 saturated heterocycles. The van der Waals surface area contributed by atoms with E-state index in [-0.39, 0.29) is 11.5 Å². The van der Waals surface area contributed by atoms with Crippen LogP contribution in [0, 0.1) is 11.3 Å². The van der Waals surface area contributed by atoms with Crippen molar-refractivity contribution in [2.45, 2.75) is 19.3 Å². The van der Waals surface area contributed by atoms with Crippen LogP contribution in [0.1, 0.15) is 30.4 Å². The summed E-state index contributed by atoms with van der Waals surface area (Å²) >= 11 is 0. The Balaban J connectivity index is 1.90. The van der Waals surface area contributed by atoms with E-state index in [0.29, 0.717) is 46.6 Å². The van der Waals surface area contributed by atoms with Gasteiger partial charge in [-0.15, -0.1) is 5.10 Å². The first kappa shape index (κ1) is 22.9. The second-order valence-electron chi connectivity index (χ2n) is 7.54. The lowest BCUT2D eigenvalue weighted by atomic mass is 9.82. The van der Waals surface area contributed by atoms with Crippen LogP contribution in [-0.2, 0) is 0 Å². The molecule has 0 radical (unpaired) electrons. The minimum Gasteiger partial charge on any atom is -0.494 e. The molecule has 0 aliphatic carbocycles. The van der Waals surface area contributed by atoms with Crippen molar-refractivity contribution in [3.05, 3.63) is 59.0 Å². The summed E-state index contributed by atoms with van der Waals surface area (Å²) in [6.07, 6.45) is 0.923. The van der Waals surface area contributed by atoms with E-state index in [4.69, 9.17) is 29.4 Å². The maximum Gasteiger partial charge on any atom is 0.244 e. The Morgan fingerprint density at radius 2 is 1.79 bits per heavy atom. The van der Waals surface area contributed by atoms with Crippen LogP contribution < -0.4 is 29.4 Å². The minimum atomic E-state index is -0.617. The van der Waals surface area contributed by atoms with E-state index in [9.17, 15) is 5.26 Å². The van der Waals surface area contributed by atoms with Crippen LogP contribution in [0.3, 0.4) is 0 Å². The summed E-state index contributed by atoms with van der Waals surface area (Å²) in [5.74, 6) is 1.77. The van der Waals surface area contributed by atoms with Crippen molar-refractivity contribution in [3.8, 4) is 46.2 Å². The van der Waals surface area contributed by atoms with Crippen molar-refractivity contribution in [1.29, 1.82) is 5.26 Å². The molecule has 1 aliphatic heterocycles. The first-order valence-corrected chi connectivity index (χ1v) is 10.8. The zero-order valence-corrected chi connectivity index (χ0v) is 19.5. The topological polar surface area (TPSA) is 125 Å². The summed E-state index contributed by atoms with van der Waals surface area (Å²) in [5, 5.41) is 17.4.